The van der Waals surface area contributed by atoms with Gasteiger partial charge in [-0.2, -0.15) is 0 Å². The molecule has 2 rings (SSSR count). The van der Waals surface area contributed by atoms with E-state index in [0.29, 0.717) is 0 Å². The van der Waals surface area contributed by atoms with E-state index in [0.717, 1.165) is 57.2 Å². The highest BCUT2D eigenvalue weighted by atomic mass is 16.5. The Morgan fingerprint density at radius 2 is 2.00 bits per heavy atom. The molecule has 1 atom stereocenters. The van der Waals surface area contributed by atoms with Gasteiger partial charge >= 0.3 is 0 Å². The Kier molecular flexibility index (Phi) is 6.15. The smallest absolute Gasteiger partial charge is 0.161 e. The van der Waals surface area contributed by atoms with Crippen LogP contribution < -0.4 is 14.8 Å². The lowest BCUT2D eigenvalue weighted by atomic mass is 10.0. The monoisotopic (exact) mass is 279 g/mol. The summed E-state index contributed by atoms with van der Waals surface area (Å²) in [5, 5.41) is 3.34. The molecule has 112 valence electrons. The van der Waals surface area contributed by atoms with E-state index in [1.165, 1.54) is 5.56 Å². The van der Waals surface area contributed by atoms with Crippen molar-refractivity contribution in [3.63, 3.8) is 0 Å². The summed E-state index contributed by atoms with van der Waals surface area (Å²) in [5.74, 6) is 1.71. The van der Waals surface area contributed by atoms with E-state index in [1.54, 1.807) is 0 Å². The van der Waals surface area contributed by atoms with Crippen molar-refractivity contribution in [2.24, 2.45) is 0 Å². The average Bonchev–Trinajstić information content (AvgIpc) is 2.72. The standard InChI is InChI=1S/C16H25NO3/c1-3-8-18-11-7-14(17-2)13-5-6-15-16(12-13)20-10-4-9-19-15/h5-6,12,14,17H,3-4,7-11H2,1-2H3. The first-order valence-electron chi connectivity index (χ1n) is 7.49. The van der Waals surface area contributed by atoms with Crippen molar-refractivity contribution >= 4 is 0 Å². The van der Waals surface area contributed by atoms with Gasteiger partial charge < -0.3 is 19.5 Å². The minimum Gasteiger partial charge on any atom is -0.490 e. The van der Waals surface area contributed by atoms with E-state index in [-0.39, 0.29) is 6.04 Å². The van der Waals surface area contributed by atoms with Gasteiger partial charge in [0.15, 0.2) is 11.5 Å². The number of hydrogen-bond donors (Lipinski definition) is 1. The van der Waals surface area contributed by atoms with Crippen molar-refractivity contribution in [1.29, 1.82) is 0 Å². The molecule has 0 aromatic heterocycles. The van der Waals surface area contributed by atoms with Crippen LogP contribution in [0, 0.1) is 0 Å². The van der Waals surface area contributed by atoms with Gasteiger partial charge in [-0.25, -0.2) is 0 Å². The summed E-state index contributed by atoms with van der Waals surface area (Å²) >= 11 is 0. The first-order chi connectivity index (χ1) is 9.85. The zero-order valence-corrected chi connectivity index (χ0v) is 12.5. The van der Waals surface area contributed by atoms with Gasteiger partial charge in [0.05, 0.1) is 13.2 Å². The number of hydrogen-bond acceptors (Lipinski definition) is 4. The molecule has 1 heterocycles. The normalized spacial score (nSPS) is 15.7. The van der Waals surface area contributed by atoms with Crippen molar-refractivity contribution in [3.05, 3.63) is 23.8 Å². The van der Waals surface area contributed by atoms with Crippen molar-refractivity contribution in [1.82, 2.24) is 5.32 Å². The topological polar surface area (TPSA) is 39.7 Å². The molecule has 0 saturated heterocycles. The molecule has 0 bridgehead atoms. The molecule has 0 aliphatic carbocycles. The third-order valence-electron chi connectivity index (χ3n) is 3.42. The predicted molar refractivity (Wildman–Crippen MR) is 79.6 cm³/mol. The van der Waals surface area contributed by atoms with Gasteiger partial charge in [0.2, 0.25) is 0 Å². The molecular weight excluding hydrogens is 254 g/mol. The number of benzene rings is 1. The molecule has 20 heavy (non-hydrogen) atoms. The van der Waals surface area contributed by atoms with Crippen LogP contribution in [-0.2, 0) is 4.74 Å². The Hall–Kier alpha value is -1.26. The van der Waals surface area contributed by atoms with Crippen LogP contribution in [0.2, 0.25) is 0 Å². The lowest BCUT2D eigenvalue weighted by molar-refractivity contribution is 0.125. The Labute approximate surface area is 121 Å². The van der Waals surface area contributed by atoms with Crippen molar-refractivity contribution in [2.75, 3.05) is 33.5 Å². The van der Waals surface area contributed by atoms with Crippen molar-refractivity contribution in [2.45, 2.75) is 32.2 Å². The second kappa shape index (κ2) is 8.12. The molecule has 0 saturated carbocycles. The van der Waals surface area contributed by atoms with Gasteiger partial charge in [-0.05, 0) is 37.6 Å². The van der Waals surface area contributed by atoms with E-state index in [1.807, 2.05) is 13.1 Å². The highest BCUT2D eigenvalue weighted by Gasteiger charge is 2.15. The van der Waals surface area contributed by atoms with Gasteiger partial charge in [-0.1, -0.05) is 13.0 Å². The zero-order chi connectivity index (χ0) is 14.2. The summed E-state index contributed by atoms with van der Waals surface area (Å²) in [4.78, 5) is 0. The molecule has 1 aromatic carbocycles. The number of fused-ring (bicyclic) bond motifs is 1. The summed E-state index contributed by atoms with van der Waals surface area (Å²) in [6.07, 6.45) is 2.95. The number of ether oxygens (including phenoxy) is 3. The average molecular weight is 279 g/mol. The summed E-state index contributed by atoms with van der Waals surface area (Å²) in [7, 11) is 1.98. The minimum atomic E-state index is 0.281. The molecule has 0 amide bonds. The van der Waals surface area contributed by atoms with E-state index >= 15 is 0 Å². The molecule has 4 heteroatoms. The summed E-state index contributed by atoms with van der Waals surface area (Å²) in [6.45, 7) is 5.18. The quantitative estimate of drug-likeness (QED) is 0.779. The van der Waals surface area contributed by atoms with Crippen LogP contribution in [0.4, 0.5) is 0 Å². The summed E-state index contributed by atoms with van der Waals surface area (Å²) in [6, 6.07) is 6.48. The Morgan fingerprint density at radius 1 is 1.20 bits per heavy atom. The second-order valence-electron chi connectivity index (χ2n) is 5.00. The third kappa shape index (κ3) is 4.12. The van der Waals surface area contributed by atoms with E-state index in [2.05, 4.69) is 24.4 Å². The van der Waals surface area contributed by atoms with Crippen LogP contribution >= 0.6 is 0 Å². The van der Waals surface area contributed by atoms with Crippen LogP contribution in [0.5, 0.6) is 11.5 Å². The Bertz CT molecular complexity index is 409. The first kappa shape index (κ1) is 15.1. The minimum absolute atomic E-state index is 0.281. The van der Waals surface area contributed by atoms with Gasteiger partial charge in [-0.15, -0.1) is 0 Å². The maximum Gasteiger partial charge on any atom is 0.161 e. The molecular formula is C16H25NO3. The van der Waals surface area contributed by atoms with E-state index < -0.39 is 0 Å². The fourth-order valence-electron chi connectivity index (χ4n) is 2.32. The summed E-state index contributed by atoms with van der Waals surface area (Å²) < 4.78 is 17.0. The van der Waals surface area contributed by atoms with Gasteiger partial charge in [0, 0.05) is 25.7 Å². The number of rotatable bonds is 7. The SMILES string of the molecule is CCCOCCC(NC)c1ccc2c(c1)OCCCO2. The van der Waals surface area contributed by atoms with E-state index in [4.69, 9.17) is 14.2 Å². The molecule has 1 unspecified atom stereocenters. The molecule has 1 aromatic rings. The van der Waals surface area contributed by atoms with Crippen molar-refractivity contribution in [3.8, 4) is 11.5 Å². The molecule has 1 N–H and O–H groups in total. The Balaban J connectivity index is 2.00. The maximum absolute atomic E-state index is 5.74. The van der Waals surface area contributed by atoms with Crippen LogP contribution in [0.3, 0.4) is 0 Å². The second-order valence-corrected chi connectivity index (χ2v) is 5.00. The molecule has 0 radical (unpaired) electrons. The first-order valence-corrected chi connectivity index (χ1v) is 7.49. The molecule has 1 aliphatic heterocycles. The molecule has 4 nitrogen and oxygen atoms in total. The lowest BCUT2D eigenvalue weighted by Crippen LogP contribution is -2.18. The lowest BCUT2D eigenvalue weighted by Gasteiger charge is -2.18. The van der Waals surface area contributed by atoms with E-state index in [9.17, 15) is 0 Å². The predicted octanol–water partition coefficient (Wildman–Crippen LogP) is 2.93. The zero-order valence-electron chi connectivity index (χ0n) is 12.5. The van der Waals surface area contributed by atoms with Gasteiger partial charge in [0.1, 0.15) is 0 Å². The number of nitrogens with one attached hydrogen (secondary N) is 1. The molecule has 0 fully saturated rings. The third-order valence-corrected chi connectivity index (χ3v) is 3.42. The van der Waals surface area contributed by atoms with Crippen LogP contribution in [0.25, 0.3) is 0 Å². The van der Waals surface area contributed by atoms with Crippen LogP contribution in [0.1, 0.15) is 37.8 Å². The van der Waals surface area contributed by atoms with Crippen LogP contribution in [0.15, 0.2) is 18.2 Å². The Morgan fingerprint density at radius 3 is 2.75 bits per heavy atom. The molecule has 0 spiro atoms. The highest BCUT2D eigenvalue weighted by molar-refractivity contribution is 5.44. The summed E-state index contributed by atoms with van der Waals surface area (Å²) in [5.41, 5.74) is 1.22. The van der Waals surface area contributed by atoms with Crippen LogP contribution in [-0.4, -0.2) is 33.5 Å². The highest BCUT2D eigenvalue weighted by Crippen LogP contribution is 2.32. The maximum atomic E-state index is 5.74. The van der Waals surface area contributed by atoms with Gasteiger partial charge in [-0.3, -0.25) is 0 Å². The fraction of sp³-hybridized carbons (Fsp3) is 0.625. The fourth-order valence-corrected chi connectivity index (χ4v) is 2.32. The van der Waals surface area contributed by atoms with Crippen molar-refractivity contribution < 1.29 is 14.2 Å². The van der Waals surface area contributed by atoms with Gasteiger partial charge in [0.25, 0.3) is 0 Å². The largest absolute Gasteiger partial charge is 0.490 e. The molecule has 1 aliphatic rings.